The van der Waals surface area contributed by atoms with Gasteiger partial charge in [0.05, 0.1) is 6.61 Å². The summed E-state index contributed by atoms with van der Waals surface area (Å²) < 4.78 is 11.6. The van der Waals surface area contributed by atoms with E-state index in [1.54, 1.807) is 0 Å². The lowest BCUT2D eigenvalue weighted by molar-refractivity contribution is -0.145. The molecule has 0 rings (SSSR count). The highest BCUT2D eigenvalue weighted by molar-refractivity contribution is 5.69. The molecule has 0 aromatic heterocycles. The molecule has 6 nitrogen and oxygen atoms in total. The van der Waals surface area contributed by atoms with Crippen LogP contribution in [0.2, 0.25) is 0 Å². The molecule has 62 heavy (non-hydrogen) atoms. The van der Waals surface area contributed by atoms with Gasteiger partial charge in [-0.1, -0.05) is 232 Å². The van der Waals surface area contributed by atoms with Gasteiger partial charge < -0.3 is 14.6 Å². The van der Waals surface area contributed by atoms with Crippen molar-refractivity contribution in [3.63, 3.8) is 0 Å². The lowest BCUT2D eigenvalue weighted by atomic mass is 9.99. The van der Waals surface area contributed by atoms with Gasteiger partial charge in [0.1, 0.15) is 6.61 Å². The van der Waals surface area contributed by atoms with E-state index in [1.165, 1.54) is 153 Å². The average molecular weight is 873 g/mol. The number of carbonyl (C=O) groups excluding carboxylic acids is 2. The number of ether oxygens (including phenoxy) is 2. The van der Waals surface area contributed by atoms with E-state index in [2.05, 4.69) is 39.0 Å². The molecule has 0 aliphatic carbocycles. The van der Waals surface area contributed by atoms with Crippen molar-refractivity contribution in [3.8, 4) is 0 Å². The Hall–Kier alpha value is -2.11. The van der Waals surface area contributed by atoms with Gasteiger partial charge in [0.25, 0.3) is 0 Å². The normalized spacial score (nSPS) is 12.3. The number of carboxylic acid groups (broad SMARTS) is 1. The van der Waals surface area contributed by atoms with Crippen LogP contribution in [-0.4, -0.2) is 36.2 Å². The van der Waals surface area contributed by atoms with Gasteiger partial charge in [-0.15, -0.1) is 0 Å². The maximum atomic E-state index is 12.7. The van der Waals surface area contributed by atoms with Crippen LogP contribution in [0.5, 0.6) is 0 Å². The zero-order valence-corrected chi connectivity index (χ0v) is 41.6. The molecule has 364 valence electrons. The Balaban J connectivity index is 4.40. The molecule has 0 spiro atoms. The SMILES string of the molecule is CCCCCCC/C=C/C(CCCCCCCC(=O)OC/C(=C/CCCCCCC)CCCCCCCCC(=O)O)COC(=O)CCCCCCCCCCCCCCCCC. The molecular weight excluding hydrogens is 769 g/mol. The standard InChI is InChI=1S/C56H104O6/c1-4-7-10-13-16-17-18-19-20-21-22-23-25-34-41-48-55(59)61-51-53(44-37-30-24-14-11-8-5-2)46-39-32-28-35-42-49-56(60)62-50-52(43-36-29-15-12-9-6-3)45-38-31-26-27-33-40-47-54(57)58/h37,43-44,53H,4-36,38-42,45-51H2,1-3H3,(H,57,58)/b44-37+,52-43+. The highest BCUT2D eigenvalue weighted by atomic mass is 16.5. The lowest BCUT2D eigenvalue weighted by Gasteiger charge is -2.14. The van der Waals surface area contributed by atoms with Crippen molar-refractivity contribution < 1.29 is 29.0 Å². The van der Waals surface area contributed by atoms with Gasteiger partial charge in [0.2, 0.25) is 0 Å². The quantitative estimate of drug-likeness (QED) is 0.0372. The number of hydrogen-bond acceptors (Lipinski definition) is 5. The molecule has 0 saturated heterocycles. The van der Waals surface area contributed by atoms with E-state index >= 15 is 0 Å². The van der Waals surface area contributed by atoms with Crippen LogP contribution < -0.4 is 0 Å². The molecule has 0 amide bonds. The number of rotatable bonds is 50. The summed E-state index contributed by atoms with van der Waals surface area (Å²) in [7, 11) is 0. The highest BCUT2D eigenvalue weighted by Crippen LogP contribution is 2.19. The fraction of sp³-hybridized carbons (Fsp3) is 0.875. The van der Waals surface area contributed by atoms with Crippen molar-refractivity contribution in [2.75, 3.05) is 13.2 Å². The predicted octanol–water partition coefficient (Wildman–Crippen LogP) is 18.1. The van der Waals surface area contributed by atoms with Crippen molar-refractivity contribution in [1.82, 2.24) is 0 Å². The molecule has 0 heterocycles. The van der Waals surface area contributed by atoms with E-state index in [0.717, 1.165) is 109 Å². The largest absolute Gasteiger partial charge is 0.481 e. The van der Waals surface area contributed by atoms with Crippen molar-refractivity contribution in [2.45, 2.75) is 297 Å². The molecule has 0 aliphatic rings. The Morgan fingerprint density at radius 1 is 0.419 bits per heavy atom. The second kappa shape index (κ2) is 49.9. The molecule has 0 aliphatic heterocycles. The van der Waals surface area contributed by atoms with E-state index in [0.29, 0.717) is 26.1 Å². The van der Waals surface area contributed by atoms with Crippen molar-refractivity contribution in [2.24, 2.45) is 5.92 Å². The van der Waals surface area contributed by atoms with Gasteiger partial charge in [-0.3, -0.25) is 14.4 Å². The van der Waals surface area contributed by atoms with E-state index < -0.39 is 5.97 Å². The second-order valence-corrected chi connectivity index (χ2v) is 18.8. The summed E-state index contributed by atoms with van der Waals surface area (Å²) in [6, 6.07) is 0. The maximum absolute atomic E-state index is 12.7. The summed E-state index contributed by atoms with van der Waals surface area (Å²) in [5.74, 6) is -0.528. The van der Waals surface area contributed by atoms with Gasteiger partial charge in [0.15, 0.2) is 0 Å². The van der Waals surface area contributed by atoms with Crippen molar-refractivity contribution in [3.05, 3.63) is 23.8 Å². The number of allylic oxidation sites excluding steroid dienone is 2. The highest BCUT2D eigenvalue weighted by Gasteiger charge is 2.11. The summed E-state index contributed by atoms with van der Waals surface area (Å²) in [5.41, 5.74) is 1.26. The van der Waals surface area contributed by atoms with E-state index in [-0.39, 0.29) is 24.3 Å². The summed E-state index contributed by atoms with van der Waals surface area (Å²) in [6.45, 7) is 7.71. The first-order valence-corrected chi connectivity index (χ1v) is 27.3. The fourth-order valence-electron chi connectivity index (χ4n) is 8.38. The smallest absolute Gasteiger partial charge is 0.306 e. The number of aliphatic carboxylic acids is 1. The van der Waals surface area contributed by atoms with Crippen LogP contribution in [0.1, 0.15) is 297 Å². The summed E-state index contributed by atoms with van der Waals surface area (Å²) in [5, 5.41) is 8.83. The van der Waals surface area contributed by atoms with Gasteiger partial charge in [-0.2, -0.15) is 0 Å². The number of unbranched alkanes of at least 4 members (excludes halogenated alkanes) is 33. The Kier molecular flexibility index (Phi) is 48.2. The molecule has 0 saturated carbocycles. The van der Waals surface area contributed by atoms with Crippen LogP contribution in [0.25, 0.3) is 0 Å². The third kappa shape index (κ3) is 47.4. The van der Waals surface area contributed by atoms with Crippen LogP contribution in [0.15, 0.2) is 23.8 Å². The van der Waals surface area contributed by atoms with Crippen LogP contribution >= 0.6 is 0 Å². The minimum Gasteiger partial charge on any atom is -0.481 e. The Labute approximate surface area is 385 Å². The van der Waals surface area contributed by atoms with Crippen LogP contribution in [-0.2, 0) is 23.9 Å². The predicted molar refractivity (Wildman–Crippen MR) is 266 cm³/mol. The topological polar surface area (TPSA) is 89.9 Å². The maximum Gasteiger partial charge on any atom is 0.306 e. The molecule has 0 aromatic carbocycles. The number of carboxylic acids is 1. The minimum absolute atomic E-state index is 0.0312. The summed E-state index contributed by atoms with van der Waals surface area (Å²) in [4.78, 5) is 36.1. The Morgan fingerprint density at radius 2 is 0.790 bits per heavy atom. The monoisotopic (exact) mass is 873 g/mol. The molecule has 1 unspecified atom stereocenters. The first kappa shape index (κ1) is 59.9. The first-order chi connectivity index (χ1) is 30.4. The Morgan fingerprint density at radius 3 is 1.26 bits per heavy atom. The van der Waals surface area contributed by atoms with Gasteiger partial charge in [-0.25, -0.2) is 0 Å². The Bertz CT molecular complexity index is 1030. The zero-order chi connectivity index (χ0) is 45.2. The lowest BCUT2D eigenvalue weighted by Crippen LogP contribution is -2.13. The van der Waals surface area contributed by atoms with Crippen LogP contribution in [0.3, 0.4) is 0 Å². The average Bonchev–Trinajstić information content (AvgIpc) is 3.26. The number of carbonyl (C=O) groups is 3. The van der Waals surface area contributed by atoms with Crippen molar-refractivity contribution in [1.29, 1.82) is 0 Å². The third-order valence-corrected chi connectivity index (χ3v) is 12.6. The van der Waals surface area contributed by atoms with E-state index in [9.17, 15) is 14.4 Å². The van der Waals surface area contributed by atoms with Crippen molar-refractivity contribution >= 4 is 17.9 Å². The van der Waals surface area contributed by atoms with Crippen LogP contribution in [0.4, 0.5) is 0 Å². The third-order valence-electron chi connectivity index (χ3n) is 12.6. The first-order valence-electron chi connectivity index (χ1n) is 27.3. The van der Waals surface area contributed by atoms with E-state index in [1.807, 2.05) is 0 Å². The number of esters is 2. The fourth-order valence-corrected chi connectivity index (χ4v) is 8.38. The summed E-state index contributed by atoms with van der Waals surface area (Å²) >= 11 is 0. The summed E-state index contributed by atoms with van der Waals surface area (Å²) in [6.07, 6.45) is 56.6. The molecule has 0 aromatic rings. The van der Waals surface area contributed by atoms with E-state index in [4.69, 9.17) is 14.6 Å². The molecular formula is C56H104O6. The van der Waals surface area contributed by atoms with Gasteiger partial charge in [0, 0.05) is 25.2 Å². The molecule has 0 bridgehead atoms. The van der Waals surface area contributed by atoms with Crippen LogP contribution in [0, 0.1) is 5.92 Å². The minimum atomic E-state index is -0.702. The van der Waals surface area contributed by atoms with Gasteiger partial charge in [-0.05, 0) is 69.8 Å². The zero-order valence-electron chi connectivity index (χ0n) is 41.6. The molecule has 6 heteroatoms. The molecule has 0 radical (unpaired) electrons. The number of hydrogen-bond donors (Lipinski definition) is 1. The van der Waals surface area contributed by atoms with Gasteiger partial charge >= 0.3 is 17.9 Å². The molecule has 1 N–H and O–H groups in total. The second-order valence-electron chi connectivity index (χ2n) is 18.8. The molecule has 1 atom stereocenters. The molecule has 0 fully saturated rings.